The number of piperazine rings is 1. The summed E-state index contributed by atoms with van der Waals surface area (Å²) in [6, 6.07) is 11.0. The Bertz CT molecular complexity index is 1020. The Morgan fingerprint density at radius 3 is 2.19 bits per heavy atom. The third-order valence-electron chi connectivity index (χ3n) is 5.30. The van der Waals surface area contributed by atoms with E-state index in [9.17, 15) is 13.2 Å². The van der Waals surface area contributed by atoms with Crippen LogP contribution in [0.4, 0.5) is 5.69 Å². The number of carbonyl (C=O) groups is 1. The average Bonchev–Trinajstić information content (AvgIpc) is 2.79. The minimum absolute atomic E-state index is 0.145. The van der Waals surface area contributed by atoms with Gasteiger partial charge in [0.15, 0.2) is 11.5 Å². The predicted octanol–water partition coefficient (Wildman–Crippen LogP) is 2.69. The molecule has 168 valence electrons. The van der Waals surface area contributed by atoms with Crippen molar-refractivity contribution in [2.75, 3.05) is 45.7 Å². The van der Waals surface area contributed by atoms with E-state index in [1.807, 2.05) is 11.8 Å². The van der Waals surface area contributed by atoms with Gasteiger partial charge in [0.1, 0.15) is 0 Å². The molecule has 0 radical (unpaired) electrons. The summed E-state index contributed by atoms with van der Waals surface area (Å²) >= 11 is 5.87. The molecule has 31 heavy (non-hydrogen) atoms. The van der Waals surface area contributed by atoms with Crippen molar-refractivity contribution in [3.63, 3.8) is 0 Å². The molecule has 1 N–H and O–H groups in total. The fourth-order valence-electron chi connectivity index (χ4n) is 3.40. The van der Waals surface area contributed by atoms with E-state index in [1.165, 1.54) is 30.7 Å². The molecule has 0 aromatic heterocycles. The number of halogens is 1. The Hall–Kier alpha value is -2.33. The Labute approximate surface area is 187 Å². The molecule has 3 rings (SSSR count). The largest absolute Gasteiger partial charge is 0.493 e. The molecule has 1 aliphatic heterocycles. The Morgan fingerprint density at radius 1 is 1.00 bits per heavy atom. The first-order chi connectivity index (χ1) is 14.8. The molecule has 1 amide bonds. The summed E-state index contributed by atoms with van der Waals surface area (Å²) in [5.41, 5.74) is 0.663. The molecule has 1 aliphatic rings. The molecule has 1 atom stereocenters. The lowest BCUT2D eigenvalue weighted by Gasteiger charge is -2.36. The summed E-state index contributed by atoms with van der Waals surface area (Å²) < 4.78 is 37.9. The average molecular weight is 468 g/mol. The van der Waals surface area contributed by atoms with Gasteiger partial charge in [-0.25, -0.2) is 8.42 Å². The predicted molar refractivity (Wildman–Crippen MR) is 119 cm³/mol. The molecule has 0 saturated carbocycles. The third-order valence-corrected chi connectivity index (χ3v) is 7.45. The quantitative estimate of drug-likeness (QED) is 0.673. The smallest absolute Gasteiger partial charge is 0.243 e. The minimum Gasteiger partial charge on any atom is -0.493 e. The molecule has 1 heterocycles. The number of ether oxygens (including phenoxy) is 2. The number of rotatable bonds is 7. The van der Waals surface area contributed by atoms with E-state index in [1.54, 1.807) is 30.3 Å². The highest BCUT2D eigenvalue weighted by Gasteiger charge is 2.32. The molecule has 2 aromatic rings. The Kier molecular flexibility index (Phi) is 7.42. The fourth-order valence-corrected chi connectivity index (χ4v) is 4.97. The van der Waals surface area contributed by atoms with Gasteiger partial charge in [0.2, 0.25) is 15.9 Å². The van der Waals surface area contributed by atoms with Gasteiger partial charge in [-0.1, -0.05) is 11.6 Å². The van der Waals surface area contributed by atoms with Gasteiger partial charge in [-0.3, -0.25) is 9.69 Å². The summed E-state index contributed by atoms with van der Waals surface area (Å²) in [5, 5.41) is 3.46. The van der Waals surface area contributed by atoms with E-state index >= 15 is 0 Å². The van der Waals surface area contributed by atoms with Crippen molar-refractivity contribution in [1.29, 1.82) is 0 Å². The molecule has 8 nitrogen and oxygen atoms in total. The Balaban J connectivity index is 1.62. The highest BCUT2D eigenvalue weighted by Crippen LogP contribution is 2.31. The maximum absolute atomic E-state index is 13.1. The van der Waals surface area contributed by atoms with Crippen molar-refractivity contribution in [3.8, 4) is 11.5 Å². The van der Waals surface area contributed by atoms with Gasteiger partial charge in [-0.2, -0.15) is 4.31 Å². The number of hydrogen-bond acceptors (Lipinski definition) is 6. The summed E-state index contributed by atoms with van der Waals surface area (Å²) in [7, 11) is -0.726. The van der Waals surface area contributed by atoms with Gasteiger partial charge < -0.3 is 14.8 Å². The van der Waals surface area contributed by atoms with E-state index in [-0.39, 0.29) is 23.9 Å². The standard InChI is InChI=1S/C21H26ClN3O5S/c1-15(21(26)23-17-6-4-16(22)5-7-17)24-10-12-25(13-11-24)31(27,28)18-8-9-19(29-2)20(14-18)30-3/h4-9,14-15H,10-13H2,1-3H3,(H,23,26). The lowest BCUT2D eigenvalue weighted by molar-refractivity contribution is -0.121. The lowest BCUT2D eigenvalue weighted by atomic mass is 10.2. The topological polar surface area (TPSA) is 88.2 Å². The maximum Gasteiger partial charge on any atom is 0.243 e. The molecular weight excluding hydrogens is 442 g/mol. The van der Waals surface area contributed by atoms with E-state index in [2.05, 4.69) is 5.32 Å². The normalized spacial score (nSPS) is 16.5. The van der Waals surface area contributed by atoms with Crippen LogP contribution in [0.1, 0.15) is 6.92 Å². The number of methoxy groups -OCH3 is 2. The number of benzene rings is 2. The SMILES string of the molecule is COc1ccc(S(=O)(=O)N2CCN(C(C)C(=O)Nc3ccc(Cl)cc3)CC2)cc1OC. The van der Waals surface area contributed by atoms with Crippen LogP contribution in [0.5, 0.6) is 11.5 Å². The molecular formula is C21H26ClN3O5S. The van der Waals surface area contributed by atoms with E-state index in [0.29, 0.717) is 35.3 Å². The number of sulfonamides is 1. The number of nitrogens with zero attached hydrogens (tertiary/aromatic N) is 2. The highest BCUT2D eigenvalue weighted by atomic mass is 35.5. The monoisotopic (exact) mass is 467 g/mol. The van der Waals surface area contributed by atoms with Crippen molar-refractivity contribution < 1.29 is 22.7 Å². The summed E-state index contributed by atoms with van der Waals surface area (Å²) in [5.74, 6) is 0.667. The molecule has 1 fully saturated rings. The van der Waals surface area contributed by atoms with E-state index in [4.69, 9.17) is 21.1 Å². The number of carbonyl (C=O) groups excluding carboxylic acids is 1. The van der Waals surface area contributed by atoms with Crippen LogP contribution in [0, 0.1) is 0 Å². The van der Waals surface area contributed by atoms with Crippen molar-refractivity contribution in [2.24, 2.45) is 0 Å². The fraction of sp³-hybridized carbons (Fsp3) is 0.381. The lowest BCUT2D eigenvalue weighted by Crippen LogP contribution is -2.53. The minimum atomic E-state index is -3.68. The van der Waals surface area contributed by atoms with Crippen LogP contribution in [0.2, 0.25) is 5.02 Å². The zero-order valence-corrected chi connectivity index (χ0v) is 19.2. The highest BCUT2D eigenvalue weighted by molar-refractivity contribution is 7.89. The number of anilines is 1. The molecule has 0 spiro atoms. The molecule has 10 heteroatoms. The maximum atomic E-state index is 13.1. The first-order valence-corrected chi connectivity index (χ1v) is 11.6. The van der Waals surface area contributed by atoms with Gasteiger partial charge in [0, 0.05) is 43.0 Å². The molecule has 1 saturated heterocycles. The number of hydrogen-bond donors (Lipinski definition) is 1. The van der Waals surface area contributed by atoms with Gasteiger partial charge in [-0.15, -0.1) is 0 Å². The summed E-state index contributed by atoms with van der Waals surface area (Å²) in [6.07, 6.45) is 0. The van der Waals surface area contributed by atoms with Crippen LogP contribution >= 0.6 is 11.6 Å². The number of amides is 1. The van der Waals surface area contributed by atoms with E-state index in [0.717, 1.165) is 0 Å². The van der Waals surface area contributed by atoms with Gasteiger partial charge in [-0.05, 0) is 43.3 Å². The van der Waals surface area contributed by atoms with Crippen LogP contribution in [-0.4, -0.2) is 70.0 Å². The van der Waals surface area contributed by atoms with Gasteiger partial charge in [0.05, 0.1) is 25.2 Å². The molecule has 0 bridgehead atoms. The van der Waals surface area contributed by atoms with E-state index < -0.39 is 16.1 Å². The zero-order valence-electron chi connectivity index (χ0n) is 17.7. The van der Waals surface area contributed by atoms with Crippen LogP contribution in [-0.2, 0) is 14.8 Å². The van der Waals surface area contributed by atoms with Crippen molar-refractivity contribution in [2.45, 2.75) is 17.9 Å². The molecule has 0 aliphatic carbocycles. The van der Waals surface area contributed by atoms with Crippen LogP contribution in [0.3, 0.4) is 0 Å². The second-order valence-electron chi connectivity index (χ2n) is 7.13. The van der Waals surface area contributed by atoms with Gasteiger partial charge >= 0.3 is 0 Å². The third kappa shape index (κ3) is 5.30. The van der Waals surface area contributed by atoms with Crippen LogP contribution in [0.15, 0.2) is 47.4 Å². The van der Waals surface area contributed by atoms with Crippen molar-refractivity contribution in [1.82, 2.24) is 9.21 Å². The van der Waals surface area contributed by atoms with Crippen LogP contribution in [0.25, 0.3) is 0 Å². The van der Waals surface area contributed by atoms with Crippen molar-refractivity contribution >= 4 is 33.2 Å². The number of nitrogens with one attached hydrogen (secondary N) is 1. The zero-order chi connectivity index (χ0) is 22.6. The Morgan fingerprint density at radius 2 is 1.61 bits per heavy atom. The second-order valence-corrected chi connectivity index (χ2v) is 9.50. The summed E-state index contributed by atoms with van der Waals surface area (Å²) in [6.45, 7) is 3.28. The molecule has 2 aromatic carbocycles. The first-order valence-electron chi connectivity index (χ1n) is 9.79. The van der Waals surface area contributed by atoms with Crippen LogP contribution < -0.4 is 14.8 Å². The molecule has 1 unspecified atom stereocenters. The van der Waals surface area contributed by atoms with Gasteiger partial charge in [0.25, 0.3) is 0 Å². The van der Waals surface area contributed by atoms with Crippen molar-refractivity contribution in [3.05, 3.63) is 47.5 Å². The first kappa shape index (κ1) is 23.3. The second kappa shape index (κ2) is 9.86. The summed E-state index contributed by atoms with van der Waals surface area (Å²) in [4.78, 5) is 14.7.